The molecule has 0 aliphatic rings. The van der Waals surface area contributed by atoms with Crippen LogP contribution >= 0.6 is 0 Å². The van der Waals surface area contributed by atoms with Gasteiger partial charge in [-0.05, 0) is 6.08 Å². The SMILES string of the molecule is C=CC(N)=O.[Co]. The molecule has 0 aliphatic carbocycles. The van der Waals surface area contributed by atoms with E-state index in [4.69, 9.17) is 0 Å². The van der Waals surface area contributed by atoms with Gasteiger partial charge in [-0.15, -0.1) is 0 Å². The van der Waals surface area contributed by atoms with Gasteiger partial charge in [0.25, 0.3) is 0 Å². The van der Waals surface area contributed by atoms with Gasteiger partial charge in [0.1, 0.15) is 0 Å². The Labute approximate surface area is 46.6 Å². The van der Waals surface area contributed by atoms with Crippen LogP contribution in [0.5, 0.6) is 0 Å². The number of amides is 1. The van der Waals surface area contributed by atoms with E-state index >= 15 is 0 Å². The van der Waals surface area contributed by atoms with Gasteiger partial charge in [0, 0.05) is 16.8 Å². The van der Waals surface area contributed by atoms with Gasteiger partial charge in [-0.1, -0.05) is 6.58 Å². The van der Waals surface area contributed by atoms with Gasteiger partial charge in [0.05, 0.1) is 0 Å². The first kappa shape index (κ1) is 9.21. The van der Waals surface area contributed by atoms with Gasteiger partial charge < -0.3 is 5.73 Å². The molecular formula is C3H5CoNO. The van der Waals surface area contributed by atoms with Crippen LogP contribution in [0.3, 0.4) is 0 Å². The van der Waals surface area contributed by atoms with Crippen molar-refractivity contribution >= 4 is 5.91 Å². The van der Waals surface area contributed by atoms with Crippen LogP contribution in [0, 0.1) is 0 Å². The van der Waals surface area contributed by atoms with Crippen molar-refractivity contribution in [2.45, 2.75) is 0 Å². The van der Waals surface area contributed by atoms with E-state index < -0.39 is 5.91 Å². The summed E-state index contributed by atoms with van der Waals surface area (Å²) in [6.45, 7) is 3.09. The standard InChI is InChI=1S/C3H5NO.Co/c1-2-3(4)5;/h2H,1H2,(H2,4,5);. The molecule has 37 valence electrons. The van der Waals surface area contributed by atoms with Crippen molar-refractivity contribution < 1.29 is 21.6 Å². The first-order valence-electron chi connectivity index (χ1n) is 1.19. The third-order valence-electron chi connectivity index (χ3n) is 0.201. The first-order chi connectivity index (χ1) is 2.27. The number of rotatable bonds is 1. The molecule has 2 nitrogen and oxygen atoms in total. The summed E-state index contributed by atoms with van der Waals surface area (Å²) in [5.41, 5.74) is 4.53. The fraction of sp³-hybridized carbons (Fsp3) is 0. The van der Waals surface area contributed by atoms with Crippen molar-refractivity contribution in [2.24, 2.45) is 5.73 Å². The third kappa shape index (κ3) is 9.31. The van der Waals surface area contributed by atoms with Crippen molar-refractivity contribution in [2.75, 3.05) is 0 Å². The van der Waals surface area contributed by atoms with Crippen LogP contribution in [0.4, 0.5) is 0 Å². The second-order valence-electron chi connectivity index (χ2n) is 0.606. The quantitative estimate of drug-likeness (QED) is 0.484. The molecule has 0 unspecified atom stereocenters. The first-order valence-corrected chi connectivity index (χ1v) is 1.19. The Morgan fingerprint density at radius 1 is 1.83 bits per heavy atom. The molecule has 6 heavy (non-hydrogen) atoms. The van der Waals surface area contributed by atoms with Crippen molar-refractivity contribution in [3.8, 4) is 0 Å². The smallest absolute Gasteiger partial charge is 0.240 e. The van der Waals surface area contributed by atoms with Crippen molar-refractivity contribution in [3.63, 3.8) is 0 Å². The van der Waals surface area contributed by atoms with E-state index in [1.165, 1.54) is 0 Å². The average molecular weight is 130 g/mol. The van der Waals surface area contributed by atoms with Gasteiger partial charge >= 0.3 is 0 Å². The van der Waals surface area contributed by atoms with Crippen LogP contribution in [0.2, 0.25) is 0 Å². The summed E-state index contributed by atoms with van der Waals surface area (Å²) < 4.78 is 0. The zero-order chi connectivity index (χ0) is 4.28. The van der Waals surface area contributed by atoms with Crippen molar-refractivity contribution in [1.82, 2.24) is 0 Å². The molecule has 0 rings (SSSR count). The molecule has 0 saturated heterocycles. The molecule has 0 heterocycles. The Kier molecular flexibility index (Phi) is 7.24. The number of hydrogen-bond acceptors (Lipinski definition) is 1. The average Bonchev–Trinajstić information content (AvgIpc) is 1.38. The van der Waals surface area contributed by atoms with Gasteiger partial charge in [0.15, 0.2) is 0 Å². The van der Waals surface area contributed by atoms with Crippen LogP contribution in [0.15, 0.2) is 12.7 Å². The topological polar surface area (TPSA) is 43.1 Å². The second kappa shape index (κ2) is 4.72. The van der Waals surface area contributed by atoms with E-state index in [-0.39, 0.29) is 16.8 Å². The van der Waals surface area contributed by atoms with E-state index in [0.717, 1.165) is 6.08 Å². The van der Waals surface area contributed by atoms with E-state index in [2.05, 4.69) is 12.3 Å². The Balaban J connectivity index is 0. The summed E-state index contributed by atoms with van der Waals surface area (Å²) in [4.78, 5) is 9.47. The summed E-state index contributed by atoms with van der Waals surface area (Å²) in [5.74, 6) is -0.481. The largest absolute Gasteiger partial charge is 0.366 e. The molecule has 0 spiro atoms. The van der Waals surface area contributed by atoms with Crippen LogP contribution in [-0.2, 0) is 21.6 Å². The molecule has 0 bridgehead atoms. The molecule has 1 radical (unpaired) electrons. The van der Waals surface area contributed by atoms with E-state index in [9.17, 15) is 4.79 Å². The summed E-state index contributed by atoms with van der Waals surface area (Å²) in [6, 6.07) is 0. The number of carbonyl (C=O) groups is 1. The van der Waals surface area contributed by atoms with Crippen LogP contribution in [0.25, 0.3) is 0 Å². The molecular weight excluding hydrogens is 125 g/mol. The fourth-order valence-electron chi connectivity index (χ4n) is 0. The van der Waals surface area contributed by atoms with Crippen LogP contribution in [-0.4, -0.2) is 5.91 Å². The maximum atomic E-state index is 9.47. The minimum atomic E-state index is -0.481. The minimum absolute atomic E-state index is 0. The summed E-state index contributed by atoms with van der Waals surface area (Å²) in [5, 5.41) is 0. The monoisotopic (exact) mass is 130 g/mol. The summed E-state index contributed by atoms with van der Waals surface area (Å²) in [7, 11) is 0. The Hall–Kier alpha value is -0.284. The molecule has 0 saturated carbocycles. The zero-order valence-electron chi connectivity index (χ0n) is 3.10. The molecule has 1 amide bonds. The van der Waals surface area contributed by atoms with Crippen molar-refractivity contribution in [1.29, 1.82) is 0 Å². The number of primary amides is 1. The maximum Gasteiger partial charge on any atom is 0.240 e. The second-order valence-corrected chi connectivity index (χ2v) is 0.606. The molecule has 0 fully saturated rings. The summed E-state index contributed by atoms with van der Waals surface area (Å²) in [6.07, 6.45) is 1.06. The Bertz CT molecular complexity index is 61.8. The number of nitrogens with two attached hydrogens (primary N) is 1. The molecule has 0 aromatic rings. The minimum Gasteiger partial charge on any atom is -0.366 e. The normalized spacial score (nSPS) is 5.33. The zero-order valence-corrected chi connectivity index (χ0v) is 4.14. The predicted molar refractivity (Wildman–Crippen MR) is 19.4 cm³/mol. The van der Waals surface area contributed by atoms with Gasteiger partial charge in [-0.2, -0.15) is 0 Å². The predicted octanol–water partition coefficient (Wildman–Crippen LogP) is -0.345. The van der Waals surface area contributed by atoms with Gasteiger partial charge in [-0.3, -0.25) is 4.79 Å². The Morgan fingerprint density at radius 3 is 2.00 bits per heavy atom. The molecule has 0 aromatic heterocycles. The van der Waals surface area contributed by atoms with Crippen LogP contribution in [0.1, 0.15) is 0 Å². The van der Waals surface area contributed by atoms with E-state index in [1.807, 2.05) is 0 Å². The molecule has 3 heteroatoms. The maximum absolute atomic E-state index is 9.47. The fourth-order valence-corrected chi connectivity index (χ4v) is 0. The molecule has 0 atom stereocenters. The summed E-state index contributed by atoms with van der Waals surface area (Å²) >= 11 is 0. The van der Waals surface area contributed by atoms with Gasteiger partial charge in [-0.25, -0.2) is 0 Å². The molecule has 2 N–H and O–H groups in total. The molecule has 0 aromatic carbocycles. The van der Waals surface area contributed by atoms with Crippen molar-refractivity contribution in [3.05, 3.63) is 12.7 Å². The third-order valence-corrected chi connectivity index (χ3v) is 0.201. The van der Waals surface area contributed by atoms with Gasteiger partial charge in [0.2, 0.25) is 5.91 Å². The molecule has 0 aliphatic heterocycles. The van der Waals surface area contributed by atoms with E-state index in [0.29, 0.717) is 0 Å². The number of hydrogen-bond donors (Lipinski definition) is 1. The Morgan fingerprint density at radius 2 is 2.00 bits per heavy atom. The number of carbonyl (C=O) groups excluding carboxylic acids is 1. The van der Waals surface area contributed by atoms with E-state index in [1.54, 1.807) is 0 Å². The van der Waals surface area contributed by atoms with Crippen LogP contribution < -0.4 is 5.73 Å².